The van der Waals surface area contributed by atoms with Crippen molar-refractivity contribution in [3.05, 3.63) is 162 Å². The van der Waals surface area contributed by atoms with E-state index in [1.165, 1.54) is 43.8 Å². The van der Waals surface area contributed by atoms with Crippen LogP contribution in [0.25, 0.3) is 101 Å². The van der Waals surface area contributed by atoms with Gasteiger partial charge in [0.05, 0.1) is 0 Å². The Labute approximate surface area is 326 Å². The Kier molecular flexibility index (Phi) is 7.53. The standard InChI is InChI=1S/C52H41N3O/c1-7-16-44-34(8-2)47-39(23-15-24-45(47)56-44)50-54-48(32-18-10-9-11-19-32)53-49(55-50)38-22-14-21-36-37(38)27-25-33-29-43-41(30-40(33)36)46-35-20-13-12-17-31(35)26-28-42(46)51(3,4)52(43,5)6/h7-30H,2H2,1,3-6H3/b16-7-. The molecule has 7 aromatic carbocycles. The van der Waals surface area contributed by atoms with E-state index in [-0.39, 0.29) is 10.8 Å². The average molecular weight is 724 g/mol. The minimum Gasteiger partial charge on any atom is -0.456 e. The Morgan fingerprint density at radius 2 is 1.23 bits per heavy atom. The predicted octanol–water partition coefficient (Wildman–Crippen LogP) is 14.0. The van der Waals surface area contributed by atoms with Crippen molar-refractivity contribution < 1.29 is 4.42 Å². The maximum atomic E-state index is 6.30. The maximum absolute atomic E-state index is 6.30. The molecule has 0 saturated heterocycles. The molecule has 9 aromatic rings. The SMILES string of the molecule is C=Cc1c(/C=C\C)oc2cccc(-c3nc(-c4ccccc4)nc(-c4cccc5c4ccc4cc6c(cc45)-c4c(ccc5ccccc45)C(C)(C)C6(C)C)n3)c12. The fraction of sp³-hybridized carbons (Fsp3) is 0.135. The molecule has 56 heavy (non-hydrogen) atoms. The van der Waals surface area contributed by atoms with Crippen LogP contribution in [0.1, 0.15) is 57.1 Å². The molecule has 0 unspecified atom stereocenters. The van der Waals surface area contributed by atoms with E-state index in [0.29, 0.717) is 17.5 Å². The largest absolute Gasteiger partial charge is 0.456 e. The van der Waals surface area contributed by atoms with Crippen LogP contribution in [0, 0.1) is 0 Å². The minimum atomic E-state index is -0.102. The fourth-order valence-corrected chi connectivity index (χ4v) is 9.00. The Morgan fingerprint density at radius 3 is 2.04 bits per heavy atom. The van der Waals surface area contributed by atoms with Gasteiger partial charge in [-0.1, -0.05) is 156 Å². The summed E-state index contributed by atoms with van der Waals surface area (Å²) in [7, 11) is 0. The van der Waals surface area contributed by atoms with Crippen molar-refractivity contribution in [1.82, 2.24) is 15.0 Å². The number of aromatic nitrogens is 3. The average Bonchev–Trinajstić information content (AvgIpc) is 3.59. The zero-order valence-electron chi connectivity index (χ0n) is 32.3. The molecule has 10 rings (SSSR count). The highest BCUT2D eigenvalue weighted by atomic mass is 16.3. The maximum Gasteiger partial charge on any atom is 0.164 e. The van der Waals surface area contributed by atoms with E-state index in [2.05, 4.69) is 119 Å². The number of allylic oxidation sites excluding steroid dienone is 1. The molecule has 0 saturated carbocycles. The van der Waals surface area contributed by atoms with Gasteiger partial charge < -0.3 is 4.42 Å². The lowest BCUT2D eigenvalue weighted by Crippen LogP contribution is -2.43. The second-order valence-electron chi connectivity index (χ2n) is 16.0. The van der Waals surface area contributed by atoms with Gasteiger partial charge in [0.1, 0.15) is 11.3 Å². The van der Waals surface area contributed by atoms with Crippen LogP contribution in [0.15, 0.2) is 144 Å². The molecule has 0 radical (unpaired) electrons. The Morgan fingerprint density at radius 1 is 0.554 bits per heavy atom. The number of rotatable bonds is 5. The van der Waals surface area contributed by atoms with Gasteiger partial charge >= 0.3 is 0 Å². The first-order chi connectivity index (χ1) is 27.2. The summed E-state index contributed by atoms with van der Waals surface area (Å²) in [6.45, 7) is 15.7. The first kappa shape index (κ1) is 33.9. The molecule has 270 valence electrons. The van der Waals surface area contributed by atoms with Crippen LogP contribution in [0.5, 0.6) is 0 Å². The third-order valence-corrected chi connectivity index (χ3v) is 12.6. The summed E-state index contributed by atoms with van der Waals surface area (Å²) in [5.41, 5.74) is 9.66. The minimum absolute atomic E-state index is 0.0780. The molecular weight excluding hydrogens is 683 g/mol. The Hall–Kier alpha value is -6.65. The van der Waals surface area contributed by atoms with Crippen molar-refractivity contribution in [2.75, 3.05) is 0 Å². The molecule has 0 bridgehead atoms. The van der Waals surface area contributed by atoms with Crippen LogP contribution in [0.4, 0.5) is 0 Å². The van der Waals surface area contributed by atoms with E-state index in [9.17, 15) is 0 Å². The summed E-state index contributed by atoms with van der Waals surface area (Å²) >= 11 is 0. The molecule has 0 atom stereocenters. The van der Waals surface area contributed by atoms with E-state index < -0.39 is 0 Å². The second-order valence-corrected chi connectivity index (χ2v) is 16.0. The molecule has 0 aliphatic heterocycles. The number of hydrogen-bond acceptors (Lipinski definition) is 4. The van der Waals surface area contributed by atoms with E-state index in [1.54, 1.807) is 0 Å². The summed E-state index contributed by atoms with van der Waals surface area (Å²) < 4.78 is 6.30. The van der Waals surface area contributed by atoms with E-state index in [0.717, 1.165) is 49.8 Å². The summed E-state index contributed by atoms with van der Waals surface area (Å²) in [4.78, 5) is 15.6. The van der Waals surface area contributed by atoms with E-state index >= 15 is 0 Å². The van der Waals surface area contributed by atoms with Gasteiger partial charge in [-0.2, -0.15) is 0 Å². The van der Waals surface area contributed by atoms with Gasteiger partial charge in [0.2, 0.25) is 0 Å². The van der Waals surface area contributed by atoms with Crippen LogP contribution in [-0.2, 0) is 10.8 Å². The van der Waals surface area contributed by atoms with Gasteiger partial charge in [-0.05, 0) is 96.6 Å². The van der Waals surface area contributed by atoms with Crippen LogP contribution >= 0.6 is 0 Å². The fourth-order valence-electron chi connectivity index (χ4n) is 9.00. The Balaban J connectivity index is 1.23. The van der Waals surface area contributed by atoms with Crippen LogP contribution in [0.3, 0.4) is 0 Å². The van der Waals surface area contributed by atoms with Crippen molar-refractivity contribution in [2.24, 2.45) is 0 Å². The molecule has 2 heterocycles. The second kappa shape index (κ2) is 12.4. The van der Waals surface area contributed by atoms with Crippen LogP contribution < -0.4 is 0 Å². The third kappa shape index (κ3) is 4.88. The van der Waals surface area contributed by atoms with Gasteiger partial charge in [0.15, 0.2) is 17.5 Å². The molecule has 0 spiro atoms. The zero-order valence-corrected chi connectivity index (χ0v) is 32.3. The molecule has 1 aliphatic rings. The first-order valence-electron chi connectivity index (χ1n) is 19.3. The molecule has 0 fully saturated rings. The van der Waals surface area contributed by atoms with Crippen molar-refractivity contribution >= 4 is 55.4 Å². The third-order valence-electron chi connectivity index (χ3n) is 12.6. The molecule has 1 aliphatic carbocycles. The van der Waals surface area contributed by atoms with Crippen molar-refractivity contribution in [3.8, 4) is 45.3 Å². The molecule has 4 heteroatoms. The van der Waals surface area contributed by atoms with E-state index in [1.807, 2.05) is 67.6 Å². The lowest BCUT2D eigenvalue weighted by molar-refractivity contribution is 0.299. The molecule has 0 amide bonds. The molecule has 4 nitrogen and oxygen atoms in total. The van der Waals surface area contributed by atoms with Gasteiger partial charge in [-0.3, -0.25) is 0 Å². The monoisotopic (exact) mass is 723 g/mol. The van der Waals surface area contributed by atoms with Crippen LogP contribution in [-0.4, -0.2) is 15.0 Å². The van der Waals surface area contributed by atoms with Crippen LogP contribution in [0.2, 0.25) is 0 Å². The normalized spacial score (nSPS) is 14.4. The number of fused-ring (bicyclic) bond motifs is 9. The first-order valence-corrected chi connectivity index (χ1v) is 19.3. The van der Waals surface area contributed by atoms with Gasteiger partial charge in [0.25, 0.3) is 0 Å². The molecule has 0 N–H and O–H groups in total. The highest BCUT2D eigenvalue weighted by Crippen LogP contribution is 2.56. The lowest BCUT2D eigenvalue weighted by atomic mass is 9.55. The van der Waals surface area contributed by atoms with Gasteiger partial charge in [-0.25, -0.2) is 15.0 Å². The van der Waals surface area contributed by atoms with Gasteiger partial charge in [0, 0.05) is 27.6 Å². The van der Waals surface area contributed by atoms with Crippen molar-refractivity contribution in [1.29, 1.82) is 0 Å². The highest BCUT2D eigenvalue weighted by molar-refractivity contribution is 6.14. The molecule has 2 aromatic heterocycles. The lowest BCUT2D eigenvalue weighted by Gasteiger charge is -2.48. The Bertz CT molecular complexity index is 3110. The summed E-state index contributed by atoms with van der Waals surface area (Å²) in [5.74, 6) is 2.56. The molecular formula is C52H41N3O. The number of nitrogens with zero attached hydrogens (tertiary/aromatic N) is 3. The summed E-state index contributed by atoms with van der Waals surface area (Å²) in [6.07, 6.45) is 5.79. The summed E-state index contributed by atoms with van der Waals surface area (Å²) in [6, 6.07) is 45.5. The predicted molar refractivity (Wildman–Crippen MR) is 235 cm³/mol. The van der Waals surface area contributed by atoms with Crippen molar-refractivity contribution in [3.63, 3.8) is 0 Å². The van der Waals surface area contributed by atoms with Crippen molar-refractivity contribution in [2.45, 2.75) is 45.4 Å². The number of benzene rings is 7. The quantitative estimate of drug-likeness (QED) is 0.166. The smallest absolute Gasteiger partial charge is 0.164 e. The zero-order chi connectivity index (χ0) is 38.3. The number of furan rings is 1. The van der Waals surface area contributed by atoms with E-state index in [4.69, 9.17) is 19.4 Å². The summed E-state index contributed by atoms with van der Waals surface area (Å²) in [5, 5.41) is 8.18. The highest BCUT2D eigenvalue weighted by Gasteiger charge is 2.46. The number of hydrogen-bond donors (Lipinski definition) is 0. The van der Waals surface area contributed by atoms with Gasteiger partial charge in [-0.15, -0.1) is 0 Å². The topological polar surface area (TPSA) is 51.8 Å².